The van der Waals surface area contributed by atoms with Crippen LogP contribution < -0.4 is 16.0 Å². The first-order valence-electron chi connectivity index (χ1n) is 11.6. The van der Waals surface area contributed by atoms with Gasteiger partial charge >= 0.3 is 0 Å². The van der Waals surface area contributed by atoms with E-state index in [-0.39, 0.29) is 12.3 Å². The maximum absolute atomic E-state index is 12.3. The third-order valence-electron chi connectivity index (χ3n) is 5.23. The fourth-order valence-electron chi connectivity index (χ4n) is 3.25. The Morgan fingerprint density at radius 1 is 1.09 bits per heavy atom. The highest BCUT2D eigenvalue weighted by molar-refractivity contribution is 5.77. The first-order valence-corrected chi connectivity index (χ1v) is 11.6. The lowest BCUT2D eigenvalue weighted by Crippen LogP contribution is -2.40. The molecule has 1 unspecified atom stereocenters. The molecule has 1 rings (SSSR count). The number of hydrogen-bond acceptors (Lipinski definition) is 4. The van der Waals surface area contributed by atoms with Crippen molar-refractivity contribution in [2.75, 3.05) is 13.1 Å². The predicted octanol–water partition coefficient (Wildman–Crippen LogP) is 5.32. The van der Waals surface area contributed by atoms with Crippen molar-refractivity contribution in [3.63, 3.8) is 0 Å². The lowest BCUT2D eigenvalue weighted by Gasteiger charge is -2.21. The molecule has 3 N–H and O–H groups in total. The van der Waals surface area contributed by atoms with Crippen LogP contribution in [0.25, 0.3) is 11.3 Å². The van der Waals surface area contributed by atoms with Crippen molar-refractivity contribution in [1.29, 1.82) is 0 Å². The molecule has 5 heteroatoms. The molecule has 0 saturated carbocycles. The van der Waals surface area contributed by atoms with Gasteiger partial charge in [0.15, 0.2) is 0 Å². The molecule has 1 atom stereocenters. The number of carbonyl (C=O) groups is 2. The molecule has 0 aromatic heterocycles. The maximum Gasteiger partial charge on any atom is 0.220 e. The van der Waals surface area contributed by atoms with Gasteiger partial charge in [-0.2, -0.15) is 0 Å². The molecule has 0 saturated heterocycles. The van der Waals surface area contributed by atoms with E-state index in [0.717, 1.165) is 47.2 Å². The van der Waals surface area contributed by atoms with Crippen LogP contribution in [-0.2, 0) is 9.59 Å². The zero-order valence-corrected chi connectivity index (χ0v) is 20.7. The first-order chi connectivity index (χ1) is 16.3. The summed E-state index contributed by atoms with van der Waals surface area (Å²) in [4.78, 5) is 23.3. The van der Waals surface area contributed by atoms with Crippen molar-refractivity contribution in [2.45, 2.75) is 45.6 Å². The third-order valence-corrected chi connectivity index (χ3v) is 5.23. The number of benzene rings is 1. The highest BCUT2D eigenvalue weighted by atomic mass is 16.1. The van der Waals surface area contributed by atoms with Crippen molar-refractivity contribution < 1.29 is 9.59 Å². The SMILES string of the molecule is C=C/C=C(\C)CCC(=O)NC(CC=O)C(=C)NCCCNC(=C)c1cccc(C(=C)/C=C\C)c1. The van der Waals surface area contributed by atoms with E-state index in [4.69, 9.17) is 0 Å². The standard InChI is InChI=1S/C29H39N3O2/c1-7-11-22(3)15-16-29(34)32-28(17-20-33)25(6)31-19-10-18-30-24(5)27-14-9-13-26(21-27)23(4)12-8-2/h7-9,11-14,20-21,28,30-31H,1,4-6,10,15-19H2,2-3H3,(H,32,34)/b12-8-,22-11+. The Kier molecular flexibility index (Phi) is 13.4. The zero-order valence-electron chi connectivity index (χ0n) is 20.7. The molecular formula is C29H39N3O2. The predicted molar refractivity (Wildman–Crippen MR) is 145 cm³/mol. The van der Waals surface area contributed by atoms with E-state index in [1.807, 2.05) is 50.3 Å². The van der Waals surface area contributed by atoms with Gasteiger partial charge in [0, 0.05) is 37.3 Å². The van der Waals surface area contributed by atoms with Crippen LogP contribution in [0.3, 0.4) is 0 Å². The van der Waals surface area contributed by atoms with E-state index in [0.29, 0.717) is 25.1 Å². The van der Waals surface area contributed by atoms with Crippen LogP contribution in [0, 0.1) is 0 Å². The summed E-state index contributed by atoms with van der Waals surface area (Å²) in [5.74, 6) is -0.107. The van der Waals surface area contributed by atoms with Gasteiger partial charge in [-0.05, 0) is 49.5 Å². The van der Waals surface area contributed by atoms with E-state index in [2.05, 4.69) is 48.3 Å². The molecule has 1 aromatic carbocycles. The zero-order chi connectivity index (χ0) is 25.3. The van der Waals surface area contributed by atoms with E-state index < -0.39 is 6.04 Å². The Balaban J connectivity index is 2.44. The van der Waals surface area contributed by atoms with Gasteiger partial charge in [-0.25, -0.2) is 0 Å². The van der Waals surface area contributed by atoms with Gasteiger partial charge in [0.25, 0.3) is 0 Å². The Morgan fingerprint density at radius 3 is 2.47 bits per heavy atom. The lowest BCUT2D eigenvalue weighted by molar-refractivity contribution is -0.121. The van der Waals surface area contributed by atoms with Crippen molar-refractivity contribution in [3.8, 4) is 0 Å². The van der Waals surface area contributed by atoms with Gasteiger partial charge in [0.1, 0.15) is 6.29 Å². The normalized spacial score (nSPS) is 12.0. The van der Waals surface area contributed by atoms with Gasteiger partial charge in [0.2, 0.25) is 5.91 Å². The van der Waals surface area contributed by atoms with Crippen LogP contribution >= 0.6 is 0 Å². The van der Waals surface area contributed by atoms with Crippen LogP contribution in [-0.4, -0.2) is 31.3 Å². The second kappa shape index (κ2) is 16.1. The summed E-state index contributed by atoms with van der Waals surface area (Å²) in [5.41, 5.74) is 5.60. The summed E-state index contributed by atoms with van der Waals surface area (Å²) in [7, 11) is 0. The van der Waals surface area contributed by atoms with Gasteiger partial charge in [-0.15, -0.1) is 0 Å². The summed E-state index contributed by atoms with van der Waals surface area (Å²) in [6, 6.07) is 7.69. The molecule has 34 heavy (non-hydrogen) atoms. The Labute approximate surface area is 205 Å². The van der Waals surface area contributed by atoms with Gasteiger partial charge in [0.05, 0.1) is 6.04 Å². The minimum Gasteiger partial charge on any atom is -0.387 e. The minimum atomic E-state index is -0.426. The van der Waals surface area contributed by atoms with E-state index in [1.54, 1.807) is 6.08 Å². The number of amides is 1. The number of rotatable bonds is 17. The van der Waals surface area contributed by atoms with Crippen molar-refractivity contribution in [1.82, 2.24) is 16.0 Å². The monoisotopic (exact) mass is 461 g/mol. The highest BCUT2D eigenvalue weighted by Crippen LogP contribution is 2.18. The van der Waals surface area contributed by atoms with Gasteiger partial charge in [-0.3, -0.25) is 4.79 Å². The number of allylic oxidation sites excluding steroid dienone is 6. The quantitative estimate of drug-likeness (QED) is 0.167. The molecule has 0 aliphatic rings. The summed E-state index contributed by atoms with van der Waals surface area (Å²) in [5, 5.41) is 9.47. The molecule has 0 aliphatic heterocycles. The molecule has 0 heterocycles. The Bertz CT molecular complexity index is 940. The summed E-state index contributed by atoms with van der Waals surface area (Å²) in [6.45, 7) is 21.2. The number of hydrogen-bond donors (Lipinski definition) is 3. The largest absolute Gasteiger partial charge is 0.387 e. The molecule has 0 fully saturated rings. The molecule has 0 aliphatic carbocycles. The summed E-state index contributed by atoms with van der Waals surface area (Å²) in [6.07, 6.45) is 10.3. The summed E-state index contributed by atoms with van der Waals surface area (Å²) < 4.78 is 0. The number of carbonyl (C=O) groups excluding carboxylic acids is 2. The highest BCUT2D eigenvalue weighted by Gasteiger charge is 2.15. The van der Waals surface area contributed by atoms with E-state index >= 15 is 0 Å². The van der Waals surface area contributed by atoms with E-state index in [1.165, 1.54) is 0 Å². The maximum atomic E-state index is 12.3. The van der Waals surface area contributed by atoms with Crippen molar-refractivity contribution >= 4 is 23.5 Å². The average Bonchev–Trinajstić information content (AvgIpc) is 2.82. The fourth-order valence-corrected chi connectivity index (χ4v) is 3.25. The van der Waals surface area contributed by atoms with Crippen LogP contribution in [0.4, 0.5) is 0 Å². The molecule has 0 bridgehead atoms. The van der Waals surface area contributed by atoms with Crippen molar-refractivity contribution in [2.24, 2.45) is 0 Å². The van der Waals surface area contributed by atoms with Crippen LogP contribution in [0.1, 0.15) is 50.7 Å². The fraction of sp³-hybridized carbons (Fsp3) is 0.310. The first kappa shape index (κ1) is 28.4. The smallest absolute Gasteiger partial charge is 0.220 e. The average molecular weight is 462 g/mol. The summed E-state index contributed by atoms with van der Waals surface area (Å²) >= 11 is 0. The van der Waals surface area contributed by atoms with Crippen LogP contribution in [0.5, 0.6) is 0 Å². The minimum absolute atomic E-state index is 0.107. The Morgan fingerprint density at radius 2 is 1.79 bits per heavy atom. The van der Waals surface area contributed by atoms with Crippen LogP contribution in [0.2, 0.25) is 0 Å². The molecule has 5 nitrogen and oxygen atoms in total. The molecule has 0 spiro atoms. The van der Waals surface area contributed by atoms with Gasteiger partial charge in [-0.1, -0.05) is 74.4 Å². The molecule has 1 amide bonds. The number of nitrogens with one attached hydrogen (secondary N) is 3. The molecular weight excluding hydrogens is 422 g/mol. The van der Waals surface area contributed by atoms with E-state index in [9.17, 15) is 9.59 Å². The molecule has 182 valence electrons. The second-order valence-electron chi connectivity index (χ2n) is 8.09. The third kappa shape index (κ3) is 10.8. The Hall–Kier alpha value is -3.60. The molecule has 1 aromatic rings. The second-order valence-corrected chi connectivity index (χ2v) is 8.09. The number of aldehydes is 1. The van der Waals surface area contributed by atoms with Crippen molar-refractivity contribution in [3.05, 3.63) is 97.3 Å². The van der Waals surface area contributed by atoms with Gasteiger partial charge < -0.3 is 20.7 Å². The topological polar surface area (TPSA) is 70.2 Å². The van der Waals surface area contributed by atoms with Crippen LogP contribution in [0.15, 0.2) is 86.2 Å². The lowest BCUT2D eigenvalue weighted by atomic mass is 10.0. The molecule has 0 radical (unpaired) electrons.